The SMILES string of the molecule is COC(=O)C(OC)c1ccc2oc(-c3ccc(Cl)cc3Cl)nc2c1. The molecule has 0 aliphatic heterocycles. The van der Waals surface area contributed by atoms with Gasteiger partial charge in [-0.3, -0.25) is 0 Å². The van der Waals surface area contributed by atoms with Crippen LogP contribution in [0.1, 0.15) is 11.7 Å². The van der Waals surface area contributed by atoms with Gasteiger partial charge in [0.15, 0.2) is 11.7 Å². The summed E-state index contributed by atoms with van der Waals surface area (Å²) in [7, 11) is 2.75. The van der Waals surface area contributed by atoms with E-state index in [1.54, 1.807) is 36.4 Å². The quantitative estimate of drug-likeness (QED) is 0.629. The summed E-state index contributed by atoms with van der Waals surface area (Å²) in [4.78, 5) is 16.2. The van der Waals surface area contributed by atoms with E-state index in [1.165, 1.54) is 14.2 Å². The summed E-state index contributed by atoms with van der Waals surface area (Å²) in [5.41, 5.74) is 2.41. The van der Waals surface area contributed by atoms with Crippen LogP contribution in [-0.4, -0.2) is 25.2 Å². The molecule has 0 spiro atoms. The lowest BCUT2D eigenvalue weighted by molar-refractivity contribution is -0.152. The molecule has 2 aromatic carbocycles. The van der Waals surface area contributed by atoms with Gasteiger partial charge in [-0.15, -0.1) is 0 Å². The van der Waals surface area contributed by atoms with E-state index in [0.29, 0.717) is 38.2 Å². The van der Waals surface area contributed by atoms with Crippen LogP contribution in [0.25, 0.3) is 22.6 Å². The molecule has 0 amide bonds. The summed E-state index contributed by atoms with van der Waals surface area (Å²) < 4.78 is 15.7. The summed E-state index contributed by atoms with van der Waals surface area (Å²) in [5.74, 6) is -0.114. The molecule has 1 heterocycles. The number of rotatable bonds is 4. The highest BCUT2D eigenvalue weighted by Crippen LogP contribution is 2.33. The molecule has 1 atom stereocenters. The van der Waals surface area contributed by atoms with Crippen molar-refractivity contribution in [2.24, 2.45) is 0 Å². The molecule has 5 nitrogen and oxygen atoms in total. The largest absolute Gasteiger partial charge is 0.467 e. The normalized spacial score (nSPS) is 12.3. The Hall–Kier alpha value is -2.08. The summed E-state index contributed by atoms with van der Waals surface area (Å²) in [6.45, 7) is 0. The molecule has 0 saturated heterocycles. The number of carbonyl (C=O) groups excluding carboxylic acids is 1. The van der Waals surface area contributed by atoms with Crippen molar-refractivity contribution in [1.29, 1.82) is 0 Å². The zero-order chi connectivity index (χ0) is 17.3. The minimum atomic E-state index is -0.821. The van der Waals surface area contributed by atoms with E-state index in [1.807, 2.05) is 0 Å². The molecule has 0 radical (unpaired) electrons. The van der Waals surface area contributed by atoms with Crippen LogP contribution < -0.4 is 0 Å². The van der Waals surface area contributed by atoms with Crippen molar-refractivity contribution < 1.29 is 18.7 Å². The zero-order valence-corrected chi connectivity index (χ0v) is 14.4. The maximum absolute atomic E-state index is 11.8. The average molecular weight is 366 g/mol. The molecule has 0 aliphatic carbocycles. The average Bonchev–Trinajstić information content (AvgIpc) is 2.98. The van der Waals surface area contributed by atoms with Crippen molar-refractivity contribution in [3.05, 3.63) is 52.0 Å². The molecule has 3 aromatic rings. The number of nitrogens with zero attached hydrogens (tertiary/aromatic N) is 1. The third-order valence-electron chi connectivity index (χ3n) is 3.53. The van der Waals surface area contributed by atoms with Crippen molar-refractivity contribution in [2.75, 3.05) is 14.2 Å². The Morgan fingerprint density at radius 3 is 2.62 bits per heavy atom. The first-order valence-corrected chi connectivity index (χ1v) is 7.75. The van der Waals surface area contributed by atoms with Gasteiger partial charge in [-0.05, 0) is 35.9 Å². The van der Waals surface area contributed by atoms with E-state index in [4.69, 9.17) is 37.1 Å². The number of benzene rings is 2. The minimum absolute atomic E-state index is 0.371. The maximum atomic E-state index is 11.8. The van der Waals surface area contributed by atoms with Gasteiger partial charge in [-0.25, -0.2) is 9.78 Å². The van der Waals surface area contributed by atoms with E-state index >= 15 is 0 Å². The molecule has 124 valence electrons. The Bertz CT molecular complexity index is 907. The van der Waals surface area contributed by atoms with Crippen LogP contribution in [0, 0.1) is 0 Å². The lowest BCUT2D eigenvalue weighted by Gasteiger charge is -2.12. The van der Waals surface area contributed by atoms with Crippen molar-refractivity contribution in [3.8, 4) is 11.5 Å². The summed E-state index contributed by atoms with van der Waals surface area (Å²) >= 11 is 12.1. The highest BCUT2D eigenvalue weighted by Gasteiger charge is 2.22. The molecule has 3 rings (SSSR count). The number of fused-ring (bicyclic) bond motifs is 1. The first-order valence-electron chi connectivity index (χ1n) is 7.00. The molecule has 0 fully saturated rings. The second-order valence-electron chi connectivity index (χ2n) is 5.01. The second-order valence-corrected chi connectivity index (χ2v) is 5.85. The Morgan fingerprint density at radius 2 is 1.96 bits per heavy atom. The Labute approximate surface area is 148 Å². The number of hydrogen-bond donors (Lipinski definition) is 0. The van der Waals surface area contributed by atoms with Crippen LogP contribution >= 0.6 is 23.2 Å². The van der Waals surface area contributed by atoms with Gasteiger partial charge in [-0.1, -0.05) is 29.3 Å². The first-order chi connectivity index (χ1) is 11.5. The Balaban J connectivity index is 2.04. The van der Waals surface area contributed by atoms with Crippen molar-refractivity contribution in [3.63, 3.8) is 0 Å². The number of halogens is 2. The zero-order valence-electron chi connectivity index (χ0n) is 12.9. The van der Waals surface area contributed by atoms with Crippen LogP contribution in [0.5, 0.6) is 0 Å². The maximum Gasteiger partial charge on any atom is 0.339 e. The highest BCUT2D eigenvalue weighted by atomic mass is 35.5. The van der Waals surface area contributed by atoms with E-state index in [0.717, 1.165) is 0 Å². The van der Waals surface area contributed by atoms with Crippen LogP contribution in [-0.2, 0) is 14.3 Å². The van der Waals surface area contributed by atoms with Gasteiger partial charge in [0, 0.05) is 12.1 Å². The van der Waals surface area contributed by atoms with Gasteiger partial charge in [0.1, 0.15) is 5.52 Å². The molecule has 0 aliphatic rings. The van der Waals surface area contributed by atoms with Gasteiger partial charge >= 0.3 is 5.97 Å². The number of carbonyl (C=O) groups is 1. The molecule has 1 unspecified atom stereocenters. The van der Waals surface area contributed by atoms with Crippen LogP contribution in [0.2, 0.25) is 10.0 Å². The smallest absolute Gasteiger partial charge is 0.339 e. The summed E-state index contributed by atoms with van der Waals surface area (Å²) in [6.07, 6.45) is -0.821. The van der Waals surface area contributed by atoms with Crippen molar-refractivity contribution in [1.82, 2.24) is 4.98 Å². The molecule has 24 heavy (non-hydrogen) atoms. The minimum Gasteiger partial charge on any atom is -0.467 e. The monoisotopic (exact) mass is 365 g/mol. The number of aromatic nitrogens is 1. The third-order valence-corrected chi connectivity index (χ3v) is 4.07. The van der Waals surface area contributed by atoms with Crippen LogP contribution in [0.3, 0.4) is 0 Å². The van der Waals surface area contributed by atoms with Crippen LogP contribution in [0.15, 0.2) is 40.8 Å². The predicted octanol–water partition coefficient (Wildman–Crippen LogP) is 4.66. The predicted molar refractivity (Wildman–Crippen MR) is 91.2 cm³/mol. The molecular weight excluding hydrogens is 353 g/mol. The fourth-order valence-electron chi connectivity index (χ4n) is 2.36. The second kappa shape index (κ2) is 6.81. The number of hydrogen-bond acceptors (Lipinski definition) is 5. The Kier molecular flexibility index (Phi) is 4.76. The van der Waals surface area contributed by atoms with Crippen molar-refractivity contribution in [2.45, 2.75) is 6.10 Å². The third kappa shape index (κ3) is 3.11. The molecule has 0 N–H and O–H groups in total. The Morgan fingerprint density at radius 1 is 1.17 bits per heavy atom. The van der Waals surface area contributed by atoms with E-state index < -0.39 is 12.1 Å². The van der Waals surface area contributed by atoms with Gasteiger partial charge in [-0.2, -0.15) is 0 Å². The topological polar surface area (TPSA) is 61.6 Å². The molecule has 7 heteroatoms. The number of ether oxygens (including phenoxy) is 2. The highest BCUT2D eigenvalue weighted by molar-refractivity contribution is 6.36. The first kappa shape index (κ1) is 16.8. The van der Waals surface area contributed by atoms with Gasteiger partial charge in [0.2, 0.25) is 5.89 Å². The molecular formula is C17H13Cl2NO4. The molecule has 0 bridgehead atoms. The number of methoxy groups -OCH3 is 2. The van der Waals surface area contributed by atoms with E-state index in [9.17, 15) is 4.79 Å². The number of oxazole rings is 1. The fraction of sp³-hybridized carbons (Fsp3) is 0.176. The van der Waals surface area contributed by atoms with Crippen molar-refractivity contribution >= 4 is 40.3 Å². The van der Waals surface area contributed by atoms with Gasteiger partial charge < -0.3 is 13.9 Å². The lowest BCUT2D eigenvalue weighted by atomic mass is 10.1. The molecule has 0 saturated carbocycles. The van der Waals surface area contributed by atoms with Crippen LogP contribution in [0.4, 0.5) is 0 Å². The standard InChI is InChI=1S/C17H13Cl2NO4/c1-22-15(17(21)23-2)9-3-6-14-13(7-9)20-16(24-14)11-5-4-10(18)8-12(11)19/h3-8,15H,1-2H3. The summed E-state index contributed by atoms with van der Waals surface area (Å²) in [6, 6.07) is 10.2. The molecule has 1 aromatic heterocycles. The van der Waals surface area contributed by atoms with E-state index in [-0.39, 0.29) is 0 Å². The lowest BCUT2D eigenvalue weighted by Crippen LogP contribution is -2.15. The summed E-state index contributed by atoms with van der Waals surface area (Å²) in [5, 5.41) is 0.974. The van der Waals surface area contributed by atoms with E-state index in [2.05, 4.69) is 4.98 Å². The van der Waals surface area contributed by atoms with Gasteiger partial charge in [0.25, 0.3) is 0 Å². The number of esters is 1. The fourth-order valence-corrected chi connectivity index (χ4v) is 2.85. The van der Waals surface area contributed by atoms with Gasteiger partial charge in [0.05, 0.1) is 17.7 Å².